The van der Waals surface area contributed by atoms with E-state index in [1.165, 1.54) is 42.5 Å². The number of hydrogen-bond acceptors (Lipinski definition) is 4. The highest BCUT2D eigenvalue weighted by atomic mass is 35.5. The third-order valence-corrected chi connectivity index (χ3v) is 6.76. The maximum Gasteiger partial charge on any atom is 0.263 e. The molecule has 2 rings (SSSR count). The Morgan fingerprint density at radius 3 is 2.04 bits per heavy atom. The molecule has 10 heteroatoms. The van der Waals surface area contributed by atoms with Crippen molar-refractivity contribution < 1.29 is 16.8 Å². The summed E-state index contributed by atoms with van der Waals surface area (Å²) in [6.07, 6.45) is 0. The number of anilines is 1. The van der Waals surface area contributed by atoms with Crippen molar-refractivity contribution >= 4 is 48.9 Å². The molecule has 0 atom stereocenters. The van der Waals surface area contributed by atoms with Gasteiger partial charge < -0.3 is 0 Å². The largest absolute Gasteiger partial charge is 0.280 e. The molecule has 0 spiro atoms. The summed E-state index contributed by atoms with van der Waals surface area (Å²) in [5.41, 5.74) is 0.194. The predicted octanol–water partition coefficient (Wildman–Crippen LogP) is 3.48. The van der Waals surface area contributed by atoms with Gasteiger partial charge in [0.2, 0.25) is 10.0 Å². The van der Waals surface area contributed by atoms with Crippen LogP contribution in [0.2, 0.25) is 10.0 Å². The number of rotatable bonds is 6. The Morgan fingerprint density at radius 2 is 1.48 bits per heavy atom. The molecular formula is C15H16Cl2N2O4S2. The number of halogens is 2. The van der Waals surface area contributed by atoms with E-state index in [0.29, 0.717) is 0 Å². The van der Waals surface area contributed by atoms with Crippen molar-refractivity contribution in [2.75, 3.05) is 4.72 Å². The second-order valence-electron chi connectivity index (χ2n) is 5.48. The third-order valence-electron chi connectivity index (χ3n) is 2.99. The molecule has 0 radical (unpaired) electrons. The van der Waals surface area contributed by atoms with Gasteiger partial charge in [0.05, 0.1) is 9.92 Å². The first kappa shape index (κ1) is 20.0. The maximum atomic E-state index is 12.4. The minimum Gasteiger partial charge on any atom is -0.280 e. The van der Waals surface area contributed by atoms with Crippen LogP contribution in [0.5, 0.6) is 0 Å². The minimum absolute atomic E-state index is 0.0252. The van der Waals surface area contributed by atoms with E-state index in [1.807, 2.05) is 0 Å². The summed E-state index contributed by atoms with van der Waals surface area (Å²) in [5.74, 6) is 0. The molecule has 0 aliphatic carbocycles. The molecule has 0 saturated heterocycles. The third kappa shape index (κ3) is 5.08. The summed E-state index contributed by atoms with van der Waals surface area (Å²) in [6, 6.07) is 9.15. The number of nitrogens with one attached hydrogen (secondary N) is 2. The van der Waals surface area contributed by atoms with E-state index in [9.17, 15) is 16.8 Å². The highest BCUT2D eigenvalue weighted by molar-refractivity contribution is 7.92. The Morgan fingerprint density at radius 1 is 0.880 bits per heavy atom. The van der Waals surface area contributed by atoms with Gasteiger partial charge in [-0.05, 0) is 56.3 Å². The Kier molecular flexibility index (Phi) is 6.01. The van der Waals surface area contributed by atoms with Crippen LogP contribution in [0.25, 0.3) is 0 Å². The first-order valence-electron chi connectivity index (χ1n) is 7.11. The van der Waals surface area contributed by atoms with Crippen LogP contribution in [0, 0.1) is 0 Å². The number of hydrogen-bond donors (Lipinski definition) is 2. The second kappa shape index (κ2) is 7.51. The molecule has 0 saturated carbocycles. The Labute approximate surface area is 157 Å². The van der Waals surface area contributed by atoms with Gasteiger partial charge in [0, 0.05) is 16.8 Å². The van der Waals surface area contributed by atoms with Crippen LogP contribution in [0.1, 0.15) is 13.8 Å². The highest BCUT2D eigenvalue weighted by Crippen LogP contribution is 2.27. The van der Waals surface area contributed by atoms with Gasteiger partial charge in [0.1, 0.15) is 4.90 Å². The van der Waals surface area contributed by atoms with Crippen molar-refractivity contribution in [3.63, 3.8) is 0 Å². The average molecular weight is 423 g/mol. The van der Waals surface area contributed by atoms with E-state index in [0.717, 1.165) is 0 Å². The SMILES string of the molecule is CC(C)NS(=O)(=O)c1ccc(NS(=O)(=O)c2cc(Cl)ccc2Cl)cc1. The smallest absolute Gasteiger partial charge is 0.263 e. The fourth-order valence-electron chi connectivity index (χ4n) is 1.97. The molecule has 0 bridgehead atoms. The van der Waals surface area contributed by atoms with Gasteiger partial charge >= 0.3 is 0 Å². The molecule has 25 heavy (non-hydrogen) atoms. The quantitative estimate of drug-likeness (QED) is 0.744. The van der Waals surface area contributed by atoms with E-state index in [1.54, 1.807) is 13.8 Å². The Bertz CT molecular complexity index is 973. The molecule has 0 unspecified atom stereocenters. The number of benzene rings is 2. The molecule has 2 N–H and O–H groups in total. The zero-order valence-corrected chi connectivity index (χ0v) is 16.5. The van der Waals surface area contributed by atoms with Crippen molar-refractivity contribution in [1.29, 1.82) is 0 Å². The summed E-state index contributed by atoms with van der Waals surface area (Å²) in [7, 11) is -7.62. The lowest BCUT2D eigenvalue weighted by Gasteiger charge is -2.12. The Balaban J connectivity index is 2.28. The molecule has 0 aromatic heterocycles. The zero-order chi connectivity index (χ0) is 18.8. The molecule has 0 aliphatic rings. The van der Waals surface area contributed by atoms with Crippen LogP contribution in [-0.2, 0) is 20.0 Å². The van der Waals surface area contributed by atoms with Crippen molar-refractivity contribution in [2.24, 2.45) is 0 Å². The van der Waals surface area contributed by atoms with Crippen LogP contribution in [0.15, 0.2) is 52.3 Å². The second-order valence-corrected chi connectivity index (χ2v) is 9.69. The predicted molar refractivity (Wildman–Crippen MR) is 99.2 cm³/mol. The van der Waals surface area contributed by atoms with Crippen molar-refractivity contribution in [3.8, 4) is 0 Å². The van der Waals surface area contributed by atoms with Crippen LogP contribution >= 0.6 is 23.2 Å². The summed E-state index contributed by atoms with van der Waals surface area (Å²) < 4.78 is 53.7. The first-order valence-corrected chi connectivity index (χ1v) is 10.8. The molecule has 0 heterocycles. The van der Waals surface area contributed by atoms with Gasteiger partial charge in [-0.2, -0.15) is 0 Å². The van der Waals surface area contributed by atoms with Crippen molar-refractivity contribution in [3.05, 3.63) is 52.5 Å². The van der Waals surface area contributed by atoms with Gasteiger partial charge in [-0.15, -0.1) is 0 Å². The summed E-state index contributed by atoms with van der Waals surface area (Å²) in [6.45, 7) is 3.41. The minimum atomic E-state index is -3.97. The molecule has 136 valence electrons. The van der Waals surface area contributed by atoms with Crippen molar-refractivity contribution in [1.82, 2.24) is 4.72 Å². The topological polar surface area (TPSA) is 92.3 Å². The molecular weight excluding hydrogens is 407 g/mol. The van der Waals surface area contributed by atoms with Crippen molar-refractivity contribution in [2.45, 2.75) is 29.7 Å². The molecule has 2 aromatic carbocycles. The van der Waals surface area contributed by atoms with E-state index in [-0.39, 0.29) is 31.6 Å². The lowest BCUT2D eigenvalue weighted by Crippen LogP contribution is -2.30. The average Bonchev–Trinajstić information content (AvgIpc) is 2.48. The lowest BCUT2D eigenvalue weighted by atomic mass is 10.3. The van der Waals surface area contributed by atoms with Gasteiger partial charge in [0.15, 0.2) is 0 Å². The van der Waals surface area contributed by atoms with E-state index in [2.05, 4.69) is 9.44 Å². The van der Waals surface area contributed by atoms with Gasteiger partial charge in [-0.25, -0.2) is 21.6 Å². The van der Waals surface area contributed by atoms with Crippen LogP contribution in [-0.4, -0.2) is 22.9 Å². The fourth-order valence-corrected chi connectivity index (χ4v) is 5.05. The van der Waals surface area contributed by atoms with Gasteiger partial charge in [-0.1, -0.05) is 23.2 Å². The zero-order valence-electron chi connectivity index (χ0n) is 13.3. The molecule has 0 fully saturated rings. The maximum absolute atomic E-state index is 12.4. The van der Waals surface area contributed by atoms with Crippen LogP contribution < -0.4 is 9.44 Å². The van der Waals surface area contributed by atoms with Gasteiger partial charge in [0.25, 0.3) is 10.0 Å². The molecule has 6 nitrogen and oxygen atoms in total. The van der Waals surface area contributed by atoms with Crippen LogP contribution in [0.3, 0.4) is 0 Å². The lowest BCUT2D eigenvalue weighted by molar-refractivity contribution is 0.570. The standard InChI is InChI=1S/C15H16Cl2N2O4S2/c1-10(2)18-24(20,21)13-6-4-12(5-7-13)19-25(22,23)15-9-11(16)3-8-14(15)17/h3-10,18-19H,1-2H3. The highest BCUT2D eigenvalue weighted by Gasteiger charge is 2.20. The summed E-state index contributed by atoms with van der Waals surface area (Å²) in [4.78, 5) is -0.134. The van der Waals surface area contributed by atoms with Gasteiger partial charge in [-0.3, -0.25) is 4.72 Å². The molecule has 0 amide bonds. The first-order chi connectivity index (χ1) is 11.5. The summed E-state index contributed by atoms with van der Waals surface area (Å²) >= 11 is 11.7. The summed E-state index contributed by atoms with van der Waals surface area (Å²) in [5, 5.41) is 0.253. The van der Waals surface area contributed by atoms with E-state index >= 15 is 0 Å². The molecule has 0 aliphatic heterocycles. The fraction of sp³-hybridized carbons (Fsp3) is 0.200. The Hall–Kier alpha value is -1.32. The normalized spacial score (nSPS) is 12.4. The van der Waals surface area contributed by atoms with Crippen LogP contribution in [0.4, 0.5) is 5.69 Å². The monoisotopic (exact) mass is 422 g/mol. The van der Waals surface area contributed by atoms with E-state index in [4.69, 9.17) is 23.2 Å². The van der Waals surface area contributed by atoms with E-state index < -0.39 is 20.0 Å². The number of sulfonamides is 2. The molecule has 2 aromatic rings.